The molecule has 3 atom stereocenters. The molecular formula is C10H23N2OP. The molecule has 3 unspecified atom stereocenters. The van der Waals surface area contributed by atoms with Gasteiger partial charge in [0.25, 0.3) is 0 Å². The van der Waals surface area contributed by atoms with E-state index in [0.29, 0.717) is 12.1 Å². The molecule has 1 aliphatic rings. The van der Waals surface area contributed by atoms with E-state index in [1.165, 1.54) is 6.54 Å². The van der Waals surface area contributed by atoms with E-state index in [2.05, 4.69) is 40.5 Å². The van der Waals surface area contributed by atoms with E-state index >= 15 is 0 Å². The Labute approximate surface area is 89.9 Å². The van der Waals surface area contributed by atoms with Crippen molar-refractivity contribution >= 4 is 9.47 Å². The standard InChI is InChI=1S/C10H23N2OP/c1-8(2)5-12-6-9(3)11-4-10(12)7-13-14/h8-11H,4-7,14H2,1-3H3. The van der Waals surface area contributed by atoms with Gasteiger partial charge in [-0.3, -0.25) is 4.90 Å². The lowest BCUT2D eigenvalue weighted by molar-refractivity contribution is 0.0886. The van der Waals surface area contributed by atoms with Crippen LogP contribution in [0.1, 0.15) is 20.8 Å². The van der Waals surface area contributed by atoms with Crippen LogP contribution in [0.2, 0.25) is 0 Å². The zero-order valence-electron chi connectivity index (χ0n) is 9.49. The molecule has 84 valence electrons. The molecule has 0 aliphatic carbocycles. The summed E-state index contributed by atoms with van der Waals surface area (Å²) in [4.78, 5) is 2.54. The molecule has 0 aromatic heterocycles. The molecule has 0 saturated carbocycles. The summed E-state index contributed by atoms with van der Waals surface area (Å²) in [7, 11) is 2.34. The second-order valence-electron chi connectivity index (χ2n) is 4.64. The Morgan fingerprint density at radius 3 is 2.86 bits per heavy atom. The Morgan fingerprint density at radius 1 is 1.57 bits per heavy atom. The predicted molar refractivity (Wildman–Crippen MR) is 63.3 cm³/mol. The number of rotatable bonds is 4. The average Bonchev–Trinajstić information content (AvgIpc) is 2.09. The summed E-state index contributed by atoms with van der Waals surface area (Å²) < 4.78 is 5.16. The summed E-state index contributed by atoms with van der Waals surface area (Å²) in [5.41, 5.74) is 0. The van der Waals surface area contributed by atoms with Crippen LogP contribution in [0.4, 0.5) is 0 Å². The van der Waals surface area contributed by atoms with E-state index in [9.17, 15) is 0 Å². The number of piperazine rings is 1. The largest absolute Gasteiger partial charge is 0.364 e. The van der Waals surface area contributed by atoms with Gasteiger partial charge in [-0.2, -0.15) is 0 Å². The Balaban J connectivity index is 2.45. The first-order valence-electron chi connectivity index (χ1n) is 5.42. The van der Waals surface area contributed by atoms with Crippen molar-refractivity contribution in [1.82, 2.24) is 10.2 Å². The summed E-state index contributed by atoms with van der Waals surface area (Å²) in [5, 5.41) is 3.49. The maximum Gasteiger partial charge on any atom is 0.0670 e. The van der Waals surface area contributed by atoms with E-state index in [0.717, 1.165) is 25.6 Å². The molecule has 3 nitrogen and oxygen atoms in total. The van der Waals surface area contributed by atoms with Crippen LogP contribution in [0.25, 0.3) is 0 Å². The molecule has 1 rings (SSSR count). The van der Waals surface area contributed by atoms with Crippen molar-refractivity contribution in [3.05, 3.63) is 0 Å². The molecular weight excluding hydrogens is 195 g/mol. The van der Waals surface area contributed by atoms with Crippen LogP contribution in [0.3, 0.4) is 0 Å². The minimum Gasteiger partial charge on any atom is -0.364 e. The molecule has 4 heteroatoms. The fourth-order valence-electron chi connectivity index (χ4n) is 2.00. The lowest BCUT2D eigenvalue weighted by atomic mass is 10.1. The molecule has 0 bridgehead atoms. The number of nitrogens with zero attached hydrogens (tertiary/aromatic N) is 1. The van der Waals surface area contributed by atoms with Gasteiger partial charge in [0, 0.05) is 41.2 Å². The lowest BCUT2D eigenvalue weighted by Crippen LogP contribution is -2.57. The molecule has 0 aromatic rings. The Kier molecular flexibility index (Phi) is 5.32. The lowest BCUT2D eigenvalue weighted by Gasteiger charge is -2.39. The minimum absolute atomic E-state index is 0.533. The van der Waals surface area contributed by atoms with Crippen molar-refractivity contribution in [2.45, 2.75) is 32.9 Å². The van der Waals surface area contributed by atoms with Crippen molar-refractivity contribution in [3.8, 4) is 0 Å². The number of nitrogens with one attached hydrogen (secondary N) is 1. The van der Waals surface area contributed by atoms with Gasteiger partial charge in [0.05, 0.1) is 6.61 Å². The Bertz CT molecular complexity index is 164. The topological polar surface area (TPSA) is 24.5 Å². The first kappa shape index (κ1) is 12.4. The van der Waals surface area contributed by atoms with Gasteiger partial charge in [0.2, 0.25) is 0 Å². The second-order valence-corrected chi connectivity index (χ2v) is 4.98. The van der Waals surface area contributed by atoms with Crippen LogP contribution in [0.5, 0.6) is 0 Å². The summed E-state index contributed by atoms with van der Waals surface area (Å²) >= 11 is 0. The Hall–Kier alpha value is 0.310. The fraction of sp³-hybridized carbons (Fsp3) is 1.00. The fourth-order valence-corrected chi connectivity index (χ4v) is 2.22. The van der Waals surface area contributed by atoms with Gasteiger partial charge in [-0.05, 0) is 12.8 Å². The van der Waals surface area contributed by atoms with Gasteiger partial charge in [0.15, 0.2) is 0 Å². The minimum atomic E-state index is 0.533. The molecule has 0 radical (unpaired) electrons. The van der Waals surface area contributed by atoms with Gasteiger partial charge < -0.3 is 9.84 Å². The van der Waals surface area contributed by atoms with Crippen LogP contribution in [0, 0.1) is 5.92 Å². The van der Waals surface area contributed by atoms with Gasteiger partial charge >= 0.3 is 0 Å². The van der Waals surface area contributed by atoms with E-state index < -0.39 is 0 Å². The molecule has 1 fully saturated rings. The van der Waals surface area contributed by atoms with Crippen LogP contribution >= 0.6 is 9.47 Å². The molecule has 1 heterocycles. The molecule has 0 aromatic carbocycles. The third-order valence-electron chi connectivity index (χ3n) is 2.61. The van der Waals surface area contributed by atoms with Gasteiger partial charge in [0.1, 0.15) is 0 Å². The van der Waals surface area contributed by atoms with Crippen molar-refractivity contribution < 1.29 is 4.52 Å². The second kappa shape index (κ2) is 6.02. The van der Waals surface area contributed by atoms with Gasteiger partial charge in [-0.1, -0.05) is 13.8 Å². The van der Waals surface area contributed by atoms with Crippen LogP contribution in [-0.4, -0.2) is 43.2 Å². The van der Waals surface area contributed by atoms with E-state index in [1.54, 1.807) is 0 Å². The highest BCUT2D eigenvalue weighted by Crippen LogP contribution is 2.11. The highest BCUT2D eigenvalue weighted by atomic mass is 31.0. The maximum atomic E-state index is 5.16. The summed E-state index contributed by atoms with van der Waals surface area (Å²) in [5.74, 6) is 0.729. The zero-order chi connectivity index (χ0) is 10.6. The van der Waals surface area contributed by atoms with Crippen LogP contribution in [0.15, 0.2) is 0 Å². The highest BCUT2D eigenvalue weighted by Gasteiger charge is 2.25. The summed E-state index contributed by atoms with van der Waals surface area (Å²) in [6, 6.07) is 1.14. The SMILES string of the molecule is CC(C)CN1CC(C)NCC1COP. The quantitative estimate of drug-likeness (QED) is 0.715. The van der Waals surface area contributed by atoms with Crippen molar-refractivity contribution in [2.75, 3.05) is 26.2 Å². The molecule has 14 heavy (non-hydrogen) atoms. The van der Waals surface area contributed by atoms with Crippen molar-refractivity contribution in [3.63, 3.8) is 0 Å². The van der Waals surface area contributed by atoms with E-state index in [1.807, 2.05) is 0 Å². The molecule has 1 saturated heterocycles. The summed E-state index contributed by atoms with van der Waals surface area (Å²) in [6.07, 6.45) is 0. The average molecular weight is 218 g/mol. The van der Waals surface area contributed by atoms with Gasteiger partial charge in [-0.25, -0.2) is 0 Å². The predicted octanol–water partition coefficient (Wildman–Crippen LogP) is 1.11. The monoisotopic (exact) mass is 218 g/mol. The number of hydrogen-bond acceptors (Lipinski definition) is 3. The van der Waals surface area contributed by atoms with Crippen LogP contribution in [-0.2, 0) is 4.52 Å². The molecule has 1 N–H and O–H groups in total. The highest BCUT2D eigenvalue weighted by molar-refractivity contribution is 7.09. The van der Waals surface area contributed by atoms with Crippen LogP contribution < -0.4 is 5.32 Å². The first-order valence-corrected chi connectivity index (χ1v) is 5.89. The molecule has 0 amide bonds. The first-order chi connectivity index (χ1) is 6.63. The molecule has 1 aliphatic heterocycles. The smallest absolute Gasteiger partial charge is 0.0670 e. The normalized spacial score (nSPS) is 29.8. The van der Waals surface area contributed by atoms with Gasteiger partial charge in [-0.15, -0.1) is 0 Å². The summed E-state index contributed by atoms with van der Waals surface area (Å²) in [6.45, 7) is 10.9. The van der Waals surface area contributed by atoms with Crippen molar-refractivity contribution in [2.24, 2.45) is 5.92 Å². The third kappa shape index (κ3) is 3.82. The van der Waals surface area contributed by atoms with E-state index in [-0.39, 0.29) is 0 Å². The number of hydrogen-bond donors (Lipinski definition) is 1. The zero-order valence-corrected chi connectivity index (χ0v) is 10.6. The van der Waals surface area contributed by atoms with Crippen molar-refractivity contribution in [1.29, 1.82) is 0 Å². The van der Waals surface area contributed by atoms with E-state index in [4.69, 9.17) is 4.52 Å². The third-order valence-corrected chi connectivity index (χ3v) is 2.81. The maximum absolute atomic E-state index is 5.16. The molecule has 0 spiro atoms. The Morgan fingerprint density at radius 2 is 2.29 bits per heavy atom.